The highest BCUT2D eigenvalue weighted by atomic mass is 16.6. The highest BCUT2D eigenvalue weighted by molar-refractivity contribution is 5.94. The van der Waals surface area contributed by atoms with Crippen molar-refractivity contribution in [3.05, 3.63) is 94.3 Å². The fourth-order valence-electron chi connectivity index (χ4n) is 4.40. The van der Waals surface area contributed by atoms with Gasteiger partial charge in [0.25, 0.3) is 11.6 Å². The van der Waals surface area contributed by atoms with E-state index in [4.69, 9.17) is 9.72 Å². The molecule has 178 valence electrons. The van der Waals surface area contributed by atoms with Crippen LogP contribution in [-0.2, 0) is 17.9 Å². The molecule has 0 aliphatic carbocycles. The second-order valence-corrected chi connectivity index (χ2v) is 8.53. The Balaban J connectivity index is 1.23. The van der Waals surface area contributed by atoms with Crippen LogP contribution in [0.2, 0.25) is 0 Å². The average molecular weight is 472 g/mol. The quantitative estimate of drug-likeness (QED) is 0.314. The van der Waals surface area contributed by atoms with E-state index in [9.17, 15) is 14.9 Å². The molecular weight excluding hydrogens is 446 g/mol. The van der Waals surface area contributed by atoms with Gasteiger partial charge >= 0.3 is 0 Å². The summed E-state index contributed by atoms with van der Waals surface area (Å²) in [4.78, 5) is 29.9. The summed E-state index contributed by atoms with van der Waals surface area (Å²) >= 11 is 0. The van der Waals surface area contributed by atoms with Crippen LogP contribution in [0.15, 0.2) is 72.8 Å². The number of hydrogen-bond acceptors (Lipinski definition) is 6. The third-order valence-electron chi connectivity index (χ3n) is 6.31. The SMILES string of the molecule is CC(c1ccccc1)N1CCn2c(nc3cc(NC(=O)COc4ccc([N+](=O)[O-])cc4)ccc32)C1. The number of nitrogens with one attached hydrogen (secondary N) is 1. The van der Waals surface area contributed by atoms with Gasteiger partial charge in [-0.25, -0.2) is 4.98 Å². The number of carbonyl (C=O) groups excluding carboxylic acids is 1. The lowest BCUT2D eigenvalue weighted by atomic mass is 10.1. The van der Waals surface area contributed by atoms with Gasteiger partial charge in [-0.15, -0.1) is 0 Å². The van der Waals surface area contributed by atoms with Gasteiger partial charge in [0.1, 0.15) is 11.6 Å². The van der Waals surface area contributed by atoms with Gasteiger partial charge in [-0.3, -0.25) is 19.8 Å². The third kappa shape index (κ3) is 4.85. The molecule has 0 spiro atoms. The molecule has 1 unspecified atom stereocenters. The maximum atomic E-state index is 12.4. The van der Waals surface area contributed by atoms with Crippen LogP contribution in [0.5, 0.6) is 5.75 Å². The van der Waals surface area contributed by atoms with Crippen LogP contribution >= 0.6 is 0 Å². The summed E-state index contributed by atoms with van der Waals surface area (Å²) in [6.07, 6.45) is 0. The molecule has 5 rings (SSSR count). The standard InChI is InChI=1S/C26H25N5O4/c1-18(19-5-3-2-4-6-19)29-13-14-30-24-12-7-20(15-23(24)28-25(30)16-29)27-26(32)17-35-22-10-8-21(9-11-22)31(33)34/h2-12,15,18H,13-14,16-17H2,1H3,(H,27,32). The van der Waals surface area contributed by atoms with E-state index in [-0.39, 0.29) is 18.2 Å². The Bertz CT molecular complexity index is 1370. The number of imidazole rings is 1. The van der Waals surface area contributed by atoms with Crippen LogP contribution in [0, 0.1) is 10.1 Å². The predicted octanol–water partition coefficient (Wildman–Crippen LogP) is 4.54. The minimum atomic E-state index is -0.484. The second kappa shape index (κ2) is 9.55. The molecule has 1 aliphatic rings. The lowest BCUT2D eigenvalue weighted by molar-refractivity contribution is -0.384. The van der Waals surface area contributed by atoms with Gasteiger partial charge in [-0.2, -0.15) is 0 Å². The van der Waals surface area contributed by atoms with E-state index >= 15 is 0 Å². The van der Waals surface area contributed by atoms with Crippen LogP contribution in [-0.4, -0.2) is 38.4 Å². The molecule has 1 aliphatic heterocycles. The Kier molecular flexibility index (Phi) is 6.15. The van der Waals surface area contributed by atoms with Crippen molar-refractivity contribution in [1.29, 1.82) is 0 Å². The normalized spacial score (nSPS) is 14.3. The highest BCUT2D eigenvalue weighted by Gasteiger charge is 2.24. The van der Waals surface area contributed by atoms with E-state index in [1.165, 1.54) is 29.8 Å². The number of hydrogen-bond donors (Lipinski definition) is 1. The van der Waals surface area contributed by atoms with Crippen molar-refractivity contribution < 1.29 is 14.5 Å². The molecule has 1 N–H and O–H groups in total. The zero-order valence-corrected chi connectivity index (χ0v) is 19.3. The van der Waals surface area contributed by atoms with Crippen LogP contribution in [0.4, 0.5) is 11.4 Å². The molecule has 3 aromatic carbocycles. The number of nitro benzene ring substituents is 1. The van der Waals surface area contributed by atoms with Crippen molar-refractivity contribution >= 4 is 28.3 Å². The average Bonchev–Trinajstić information content (AvgIpc) is 3.24. The van der Waals surface area contributed by atoms with Gasteiger partial charge in [-0.05, 0) is 42.8 Å². The molecule has 0 saturated carbocycles. The summed E-state index contributed by atoms with van der Waals surface area (Å²) in [6, 6.07) is 22.1. The first-order valence-corrected chi connectivity index (χ1v) is 11.4. The first-order valence-electron chi connectivity index (χ1n) is 11.4. The lowest BCUT2D eigenvalue weighted by Crippen LogP contribution is -2.35. The van der Waals surface area contributed by atoms with Crippen molar-refractivity contribution in [2.24, 2.45) is 0 Å². The highest BCUT2D eigenvalue weighted by Crippen LogP contribution is 2.28. The number of nitro groups is 1. The smallest absolute Gasteiger partial charge is 0.269 e. The number of fused-ring (bicyclic) bond motifs is 3. The molecule has 35 heavy (non-hydrogen) atoms. The molecule has 2 heterocycles. The minimum absolute atomic E-state index is 0.0319. The molecule has 0 fully saturated rings. The number of ether oxygens (including phenoxy) is 1. The summed E-state index contributed by atoms with van der Waals surface area (Å²) in [5.41, 5.74) is 3.78. The van der Waals surface area contributed by atoms with Gasteiger partial charge < -0.3 is 14.6 Å². The van der Waals surface area contributed by atoms with Crippen molar-refractivity contribution in [2.45, 2.75) is 26.1 Å². The number of amides is 1. The Labute approximate surface area is 202 Å². The second-order valence-electron chi connectivity index (χ2n) is 8.53. The predicted molar refractivity (Wildman–Crippen MR) is 132 cm³/mol. The molecule has 0 radical (unpaired) electrons. The summed E-state index contributed by atoms with van der Waals surface area (Å²) in [5, 5.41) is 13.6. The maximum Gasteiger partial charge on any atom is 0.269 e. The van der Waals surface area contributed by atoms with Crippen LogP contribution < -0.4 is 10.1 Å². The van der Waals surface area contributed by atoms with E-state index in [2.05, 4.69) is 46.0 Å². The van der Waals surface area contributed by atoms with Gasteiger partial charge in [-0.1, -0.05) is 30.3 Å². The molecule has 0 bridgehead atoms. The summed E-state index contributed by atoms with van der Waals surface area (Å²) in [7, 11) is 0. The zero-order valence-electron chi connectivity index (χ0n) is 19.3. The van der Waals surface area contributed by atoms with Crippen LogP contribution in [0.1, 0.15) is 24.4 Å². The first kappa shape index (κ1) is 22.5. The summed E-state index contributed by atoms with van der Waals surface area (Å²) in [6.45, 7) is 4.57. The third-order valence-corrected chi connectivity index (χ3v) is 6.31. The largest absolute Gasteiger partial charge is 0.484 e. The van der Waals surface area contributed by atoms with Crippen molar-refractivity contribution in [3.8, 4) is 5.75 Å². The Hall–Kier alpha value is -4.24. The van der Waals surface area contributed by atoms with Gasteiger partial charge in [0.05, 0.1) is 22.5 Å². The van der Waals surface area contributed by atoms with E-state index < -0.39 is 4.92 Å². The molecule has 4 aromatic rings. The number of rotatable bonds is 7. The van der Waals surface area contributed by atoms with Gasteiger partial charge in [0, 0.05) is 37.0 Å². The number of non-ortho nitro benzene ring substituents is 1. The van der Waals surface area contributed by atoms with Crippen LogP contribution in [0.3, 0.4) is 0 Å². The molecule has 9 nitrogen and oxygen atoms in total. The molecular formula is C26H25N5O4. The number of nitrogens with zero attached hydrogens (tertiary/aromatic N) is 4. The fraction of sp³-hybridized carbons (Fsp3) is 0.231. The Morgan fingerprint density at radius 2 is 1.89 bits per heavy atom. The van der Waals surface area contributed by atoms with E-state index in [0.29, 0.717) is 17.5 Å². The topological polar surface area (TPSA) is 103 Å². The van der Waals surface area contributed by atoms with Crippen LogP contribution in [0.25, 0.3) is 11.0 Å². The number of aromatic nitrogens is 2. The zero-order chi connectivity index (χ0) is 24.4. The van der Waals surface area contributed by atoms with E-state index in [1.54, 1.807) is 0 Å². The fourth-order valence-corrected chi connectivity index (χ4v) is 4.40. The van der Waals surface area contributed by atoms with E-state index in [0.717, 1.165) is 36.5 Å². The van der Waals surface area contributed by atoms with Crippen molar-refractivity contribution in [1.82, 2.24) is 14.5 Å². The molecule has 1 amide bonds. The summed E-state index contributed by atoms with van der Waals surface area (Å²) in [5.74, 6) is 1.07. The minimum Gasteiger partial charge on any atom is -0.484 e. The van der Waals surface area contributed by atoms with E-state index in [1.807, 2.05) is 24.3 Å². The molecule has 1 atom stereocenters. The summed E-state index contributed by atoms with van der Waals surface area (Å²) < 4.78 is 7.68. The number of anilines is 1. The number of benzene rings is 3. The van der Waals surface area contributed by atoms with Gasteiger partial charge in [0.2, 0.25) is 0 Å². The van der Waals surface area contributed by atoms with Gasteiger partial charge in [0.15, 0.2) is 6.61 Å². The Morgan fingerprint density at radius 3 is 2.63 bits per heavy atom. The molecule has 1 aromatic heterocycles. The number of carbonyl (C=O) groups is 1. The monoisotopic (exact) mass is 471 g/mol. The first-order chi connectivity index (χ1) is 17.0. The lowest BCUT2D eigenvalue weighted by Gasteiger charge is -2.33. The molecule has 9 heteroatoms. The Morgan fingerprint density at radius 1 is 1.11 bits per heavy atom. The van der Waals surface area contributed by atoms with Crippen molar-refractivity contribution in [2.75, 3.05) is 18.5 Å². The maximum absolute atomic E-state index is 12.4. The molecule has 0 saturated heterocycles. The van der Waals surface area contributed by atoms with Crippen molar-refractivity contribution in [3.63, 3.8) is 0 Å².